The Labute approximate surface area is 105 Å². The quantitative estimate of drug-likeness (QED) is 0.876. The number of nitrogens with zero attached hydrogens (tertiary/aromatic N) is 1. The molecule has 3 rings (SSSR count). The van der Waals surface area contributed by atoms with Crippen molar-refractivity contribution in [3.05, 3.63) is 42.2 Å². The molecular formula is C14H13NO3. The lowest BCUT2D eigenvalue weighted by Crippen LogP contribution is -2.15. The second-order valence-electron chi connectivity index (χ2n) is 4.05. The minimum Gasteiger partial charge on any atom is -0.486 e. The van der Waals surface area contributed by atoms with Crippen molar-refractivity contribution < 1.29 is 14.6 Å². The van der Waals surface area contributed by atoms with Gasteiger partial charge in [0.25, 0.3) is 0 Å². The van der Waals surface area contributed by atoms with Crippen molar-refractivity contribution in [1.82, 2.24) is 4.98 Å². The number of aliphatic hydroxyl groups is 1. The van der Waals surface area contributed by atoms with Crippen molar-refractivity contribution in [2.45, 2.75) is 6.61 Å². The first-order valence-corrected chi connectivity index (χ1v) is 5.82. The molecule has 2 aromatic rings. The molecule has 0 saturated carbocycles. The zero-order valence-corrected chi connectivity index (χ0v) is 9.80. The van der Waals surface area contributed by atoms with E-state index in [0.717, 1.165) is 22.6 Å². The van der Waals surface area contributed by atoms with Gasteiger partial charge in [-0.05, 0) is 35.4 Å². The second kappa shape index (κ2) is 4.66. The molecule has 92 valence electrons. The number of hydrogen-bond donors (Lipinski definition) is 1. The number of fused-ring (bicyclic) bond motifs is 1. The van der Waals surface area contributed by atoms with Crippen LogP contribution < -0.4 is 9.47 Å². The van der Waals surface area contributed by atoms with Crippen LogP contribution in [0.4, 0.5) is 0 Å². The van der Waals surface area contributed by atoms with E-state index < -0.39 is 0 Å². The summed E-state index contributed by atoms with van der Waals surface area (Å²) in [7, 11) is 0. The van der Waals surface area contributed by atoms with Gasteiger partial charge in [0.05, 0.1) is 12.3 Å². The van der Waals surface area contributed by atoms with Crippen molar-refractivity contribution in [2.24, 2.45) is 0 Å². The summed E-state index contributed by atoms with van der Waals surface area (Å²) in [5.41, 5.74) is 2.68. The molecule has 0 amide bonds. The first-order valence-electron chi connectivity index (χ1n) is 5.82. The lowest BCUT2D eigenvalue weighted by molar-refractivity contribution is 0.171. The number of pyridine rings is 1. The van der Waals surface area contributed by atoms with Crippen LogP contribution in [-0.2, 0) is 6.61 Å². The molecule has 4 nitrogen and oxygen atoms in total. The molecule has 4 heteroatoms. The predicted octanol–water partition coefficient (Wildman–Crippen LogP) is 2.01. The summed E-state index contributed by atoms with van der Waals surface area (Å²) in [6, 6.07) is 9.60. The SMILES string of the molecule is OCc1cc(-c2ccc3c(c2)OCCO3)ccn1. The van der Waals surface area contributed by atoms with E-state index in [1.54, 1.807) is 6.20 Å². The molecule has 2 heterocycles. The largest absolute Gasteiger partial charge is 0.486 e. The van der Waals surface area contributed by atoms with E-state index >= 15 is 0 Å². The normalized spacial score (nSPS) is 13.4. The van der Waals surface area contributed by atoms with Crippen molar-refractivity contribution in [1.29, 1.82) is 0 Å². The van der Waals surface area contributed by atoms with Gasteiger partial charge in [-0.15, -0.1) is 0 Å². The summed E-state index contributed by atoms with van der Waals surface area (Å²) in [6.07, 6.45) is 1.69. The van der Waals surface area contributed by atoms with Crippen LogP contribution in [0.1, 0.15) is 5.69 Å². The van der Waals surface area contributed by atoms with Crippen molar-refractivity contribution in [3.63, 3.8) is 0 Å². The molecule has 0 radical (unpaired) electrons. The maximum atomic E-state index is 9.09. The maximum absolute atomic E-state index is 9.09. The van der Waals surface area contributed by atoms with Gasteiger partial charge in [0.15, 0.2) is 11.5 Å². The molecule has 1 aromatic heterocycles. The van der Waals surface area contributed by atoms with Crippen molar-refractivity contribution in [2.75, 3.05) is 13.2 Å². The number of aliphatic hydroxyl groups excluding tert-OH is 1. The summed E-state index contributed by atoms with van der Waals surface area (Å²) in [5, 5.41) is 9.09. The van der Waals surface area contributed by atoms with E-state index in [-0.39, 0.29) is 6.61 Å². The van der Waals surface area contributed by atoms with E-state index in [1.165, 1.54) is 0 Å². The summed E-state index contributed by atoms with van der Waals surface area (Å²) in [4.78, 5) is 4.06. The Kier molecular flexibility index (Phi) is 2.86. The summed E-state index contributed by atoms with van der Waals surface area (Å²) >= 11 is 0. The van der Waals surface area contributed by atoms with Gasteiger partial charge < -0.3 is 14.6 Å². The molecule has 1 aromatic carbocycles. The average Bonchev–Trinajstić information content (AvgIpc) is 2.47. The standard InChI is InChI=1S/C14H13NO3/c16-9-12-7-11(3-4-15-12)10-1-2-13-14(8-10)18-6-5-17-13/h1-4,7-8,16H,5-6,9H2. The third kappa shape index (κ3) is 2.02. The lowest BCUT2D eigenvalue weighted by Gasteiger charge is -2.19. The van der Waals surface area contributed by atoms with Gasteiger partial charge in [0, 0.05) is 6.20 Å². The number of rotatable bonds is 2. The second-order valence-corrected chi connectivity index (χ2v) is 4.05. The molecule has 0 aliphatic carbocycles. The first kappa shape index (κ1) is 11.0. The highest BCUT2D eigenvalue weighted by Crippen LogP contribution is 2.34. The van der Waals surface area contributed by atoms with E-state index in [4.69, 9.17) is 14.6 Å². The van der Waals surface area contributed by atoms with Crippen LogP contribution in [-0.4, -0.2) is 23.3 Å². The van der Waals surface area contributed by atoms with Gasteiger partial charge in [0.1, 0.15) is 13.2 Å². The van der Waals surface area contributed by atoms with Crippen LogP contribution in [0.5, 0.6) is 11.5 Å². The average molecular weight is 243 g/mol. The van der Waals surface area contributed by atoms with Crippen LogP contribution in [0.3, 0.4) is 0 Å². The Hall–Kier alpha value is -2.07. The molecule has 0 bridgehead atoms. The van der Waals surface area contributed by atoms with E-state index in [9.17, 15) is 0 Å². The maximum Gasteiger partial charge on any atom is 0.161 e. The van der Waals surface area contributed by atoms with Crippen LogP contribution in [0.2, 0.25) is 0 Å². The van der Waals surface area contributed by atoms with Crippen molar-refractivity contribution in [3.8, 4) is 22.6 Å². The Morgan fingerprint density at radius 2 is 1.78 bits per heavy atom. The molecule has 0 fully saturated rings. The van der Waals surface area contributed by atoms with Gasteiger partial charge in [-0.25, -0.2) is 0 Å². The Bertz CT molecular complexity index is 569. The number of aromatic nitrogens is 1. The zero-order valence-electron chi connectivity index (χ0n) is 9.80. The molecule has 1 N–H and O–H groups in total. The molecule has 1 aliphatic heterocycles. The van der Waals surface area contributed by atoms with Crippen LogP contribution in [0.25, 0.3) is 11.1 Å². The Morgan fingerprint density at radius 3 is 2.61 bits per heavy atom. The molecule has 18 heavy (non-hydrogen) atoms. The summed E-state index contributed by atoms with van der Waals surface area (Å²) < 4.78 is 11.0. The molecule has 0 unspecified atom stereocenters. The lowest BCUT2D eigenvalue weighted by atomic mass is 10.1. The minimum atomic E-state index is -0.0572. The smallest absolute Gasteiger partial charge is 0.161 e. The molecular weight excluding hydrogens is 230 g/mol. The van der Waals surface area contributed by atoms with Crippen molar-refractivity contribution >= 4 is 0 Å². The third-order valence-corrected chi connectivity index (χ3v) is 2.85. The Balaban J connectivity index is 2.00. The minimum absolute atomic E-state index is 0.0572. The fourth-order valence-electron chi connectivity index (χ4n) is 1.97. The van der Waals surface area contributed by atoms with E-state index in [2.05, 4.69) is 4.98 Å². The zero-order chi connectivity index (χ0) is 12.4. The summed E-state index contributed by atoms with van der Waals surface area (Å²) in [5.74, 6) is 1.54. The fraction of sp³-hybridized carbons (Fsp3) is 0.214. The van der Waals surface area contributed by atoms with Gasteiger partial charge in [-0.3, -0.25) is 4.98 Å². The van der Waals surface area contributed by atoms with E-state index in [0.29, 0.717) is 18.9 Å². The molecule has 1 aliphatic rings. The number of ether oxygens (including phenoxy) is 2. The molecule has 0 atom stereocenters. The number of benzene rings is 1. The van der Waals surface area contributed by atoms with Crippen LogP contribution >= 0.6 is 0 Å². The number of hydrogen-bond acceptors (Lipinski definition) is 4. The summed E-state index contributed by atoms with van der Waals surface area (Å²) in [6.45, 7) is 1.11. The van der Waals surface area contributed by atoms with Gasteiger partial charge >= 0.3 is 0 Å². The molecule has 0 saturated heterocycles. The van der Waals surface area contributed by atoms with Gasteiger partial charge in [-0.2, -0.15) is 0 Å². The van der Waals surface area contributed by atoms with Crippen LogP contribution in [0, 0.1) is 0 Å². The third-order valence-electron chi connectivity index (χ3n) is 2.85. The molecule has 0 spiro atoms. The van der Waals surface area contributed by atoms with Gasteiger partial charge in [-0.1, -0.05) is 6.07 Å². The topological polar surface area (TPSA) is 51.6 Å². The van der Waals surface area contributed by atoms with Gasteiger partial charge in [0.2, 0.25) is 0 Å². The predicted molar refractivity (Wildman–Crippen MR) is 66.6 cm³/mol. The van der Waals surface area contributed by atoms with E-state index in [1.807, 2.05) is 30.3 Å². The van der Waals surface area contributed by atoms with Crippen LogP contribution in [0.15, 0.2) is 36.5 Å². The highest BCUT2D eigenvalue weighted by molar-refractivity contribution is 5.67. The Morgan fingerprint density at radius 1 is 1.00 bits per heavy atom. The first-order chi connectivity index (χ1) is 8.86. The monoisotopic (exact) mass is 243 g/mol. The highest BCUT2D eigenvalue weighted by atomic mass is 16.6. The fourth-order valence-corrected chi connectivity index (χ4v) is 1.97. The highest BCUT2D eigenvalue weighted by Gasteiger charge is 2.12.